The first kappa shape index (κ1) is 41.2. The maximum atomic E-state index is 13.1. The van der Waals surface area contributed by atoms with E-state index in [1.165, 1.54) is 89.9 Å². The number of unbranched alkanes of at least 4 members (excludes halogenated alkanes) is 18. The minimum Gasteiger partial charge on any atom is -0.382 e. The van der Waals surface area contributed by atoms with Crippen LogP contribution in [0.2, 0.25) is 0 Å². The Bertz CT molecular complexity index is 1030. The molecule has 0 aliphatic heterocycles. The Morgan fingerprint density at radius 2 is 0.723 bits per heavy atom. The second kappa shape index (κ2) is 23.4. The lowest BCUT2D eigenvalue weighted by Gasteiger charge is -2.22. The first-order valence-electron chi connectivity index (χ1n) is 19.0. The van der Waals surface area contributed by atoms with Gasteiger partial charge in [0.2, 0.25) is 0 Å². The standard InChI is InChI=1S/C42H66O4S/c1-5-7-9-11-13-15-17-19-21-23-33-41(3,45)39(43)35-25-29-37(30-26-35)47-38-31-27-36(28-32-38)40(44)42(4,46)34-24-22-20-18-16-14-12-10-8-6-2/h25-32,45-46H,5-24,33-34H2,1-4H3. The number of carbonyl (C=O) groups is 2. The summed E-state index contributed by atoms with van der Waals surface area (Å²) in [4.78, 5) is 28.1. The molecular formula is C42H66O4S. The SMILES string of the molecule is CCCCCCCCCCCCC(C)(O)C(=O)c1ccc(Sc2ccc(C(=O)C(C)(O)CCCCCCCCCCCC)cc2)cc1. The molecule has 0 fully saturated rings. The fourth-order valence-electron chi connectivity index (χ4n) is 6.25. The quantitative estimate of drug-likeness (QED) is 0.0698. The Morgan fingerprint density at radius 1 is 0.468 bits per heavy atom. The molecule has 2 aromatic carbocycles. The highest BCUT2D eigenvalue weighted by Gasteiger charge is 2.31. The van der Waals surface area contributed by atoms with Gasteiger partial charge in [-0.3, -0.25) is 9.59 Å². The maximum absolute atomic E-state index is 13.1. The molecule has 2 aromatic rings. The van der Waals surface area contributed by atoms with Crippen molar-refractivity contribution in [2.45, 2.75) is 190 Å². The van der Waals surface area contributed by atoms with Crippen LogP contribution < -0.4 is 0 Å². The molecule has 0 spiro atoms. The van der Waals surface area contributed by atoms with Crippen molar-refractivity contribution in [2.75, 3.05) is 0 Å². The van der Waals surface area contributed by atoms with Crippen LogP contribution in [0.5, 0.6) is 0 Å². The minimum atomic E-state index is -1.36. The van der Waals surface area contributed by atoms with Gasteiger partial charge in [-0.2, -0.15) is 0 Å². The molecule has 2 rings (SSSR count). The van der Waals surface area contributed by atoms with Crippen LogP contribution in [0.1, 0.15) is 190 Å². The second-order valence-electron chi connectivity index (χ2n) is 14.2. The van der Waals surface area contributed by atoms with Gasteiger partial charge in [0.1, 0.15) is 11.2 Å². The summed E-state index contributed by atoms with van der Waals surface area (Å²) < 4.78 is 0. The smallest absolute Gasteiger partial charge is 0.194 e. The van der Waals surface area contributed by atoms with Crippen LogP contribution >= 0.6 is 11.8 Å². The zero-order valence-corrected chi connectivity index (χ0v) is 31.1. The van der Waals surface area contributed by atoms with E-state index in [1.807, 2.05) is 24.3 Å². The summed E-state index contributed by atoms with van der Waals surface area (Å²) in [6.07, 6.45) is 25.4. The molecule has 0 saturated heterocycles. The average Bonchev–Trinajstić information content (AvgIpc) is 3.06. The van der Waals surface area contributed by atoms with E-state index in [4.69, 9.17) is 0 Å². The molecule has 0 saturated carbocycles. The molecule has 0 aliphatic carbocycles. The van der Waals surface area contributed by atoms with E-state index in [2.05, 4.69) is 13.8 Å². The van der Waals surface area contributed by atoms with E-state index in [0.717, 1.165) is 48.3 Å². The van der Waals surface area contributed by atoms with Crippen LogP contribution in [0.25, 0.3) is 0 Å². The molecule has 0 bridgehead atoms. The maximum Gasteiger partial charge on any atom is 0.194 e. The van der Waals surface area contributed by atoms with Gasteiger partial charge in [-0.15, -0.1) is 0 Å². The van der Waals surface area contributed by atoms with E-state index < -0.39 is 11.2 Å². The number of benzene rings is 2. The predicted molar refractivity (Wildman–Crippen MR) is 200 cm³/mol. The molecule has 47 heavy (non-hydrogen) atoms. The molecule has 5 heteroatoms. The van der Waals surface area contributed by atoms with Gasteiger partial charge in [0, 0.05) is 20.9 Å². The molecule has 0 amide bonds. The van der Waals surface area contributed by atoms with Crippen molar-refractivity contribution in [2.24, 2.45) is 0 Å². The summed E-state index contributed by atoms with van der Waals surface area (Å²) in [5.41, 5.74) is -1.66. The van der Waals surface area contributed by atoms with Crippen molar-refractivity contribution in [1.29, 1.82) is 0 Å². The molecule has 2 atom stereocenters. The molecule has 0 heterocycles. The summed E-state index contributed by atoms with van der Waals surface area (Å²) in [5, 5.41) is 21.8. The summed E-state index contributed by atoms with van der Waals surface area (Å²) in [5.74, 6) is -0.449. The topological polar surface area (TPSA) is 74.6 Å². The van der Waals surface area contributed by atoms with Gasteiger partial charge in [-0.1, -0.05) is 178 Å². The molecule has 0 aliphatic rings. The van der Waals surface area contributed by atoms with Gasteiger partial charge >= 0.3 is 0 Å². The van der Waals surface area contributed by atoms with Crippen molar-refractivity contribution in [3.05, 3.63) is 59.7 Å². The Hall–Kier alpha value is -1.95. The first-order chi connectivity index (χ1) is 22.6. The van der Waals surface area contributed by atoms with Gasteiger partial charge in [-0.25, -0.2) is 0 Å². The predicted octanol–water partition coefficient (Wildman–Crippen LogP) is 12.3. The summed E-state index contributed by atoms with van der Waals surface area (Å²) >= 11 is 1.55. The van der Waals surface area contributed by atoms with Crippen molar-refractivity contribution in [3.63, 3.8) is 0 Å². The van der Waals surface area contributed by atoms with Crippen molar-refractivity contribution in [3.8, 4) is 0 Å². The fourth-order valence-corrected chi connectivity index (χ4v) is 7.06. The third-order valence-electron chi connectivity index (χ3n) is 9.48. The molecule has 0 aromatic heterocycles. The van der Waals surface area contributed by atoms with E-state index in [1.54, 1.807) is 49.9 Å². The normalized spacial score (nSPS) is 14.1. The third-order valence-corrected chi connectivity index (χ3v) is 10.5. The van der Waals surface area contributed by atoms with Gasteiger partial charge in [0.15, 0.2) is 11.6 Å². The molecule has 0 radical (unpaired) electrons. The number of ketones is 2. The summed E-state index contributed by atoms with van der Waals surface area (Å²) in [7, 11) is 0. The highest BCUT2D eigenvalue weighted by molar-refractivity contribution is 7.99. The lowest BCUT2D eigenvalue weighted by atomic mass is 9.89. The van der Waals surface area contributed by atoms with Crippen LogP contribution in [0.15, 0.2) is 58.3 Å². The third kappa shape index (κ3) is 16.8. The Balaban J connectivity index is 1.73. The summed E-state index contributed by atoms with van der Waals surface area (Å²) in [6, 6.07) is 14.8. The van der Waals surface area contributed by atoms with E-state index in [-0.39, 0.29) is 11.6 Å². The van der Waals surface area contributed by atoms with E-state index >= 15 is 0 Å². The fraction of sp³-hybridized carbons (Fsp3) is 0.667. The van der Waals surface area contributed by atoms with Gasteiger partial charge in [0.05, 0.1) is 0 Å². The van der Waals surface area contributed by atoms with E-state index in [9.17, 15) is 19.8 Å². The Morgan fingerprint density at radius 3 is 1.00 bits per heavy atom. The first-order valence-corrected chi connectivity index (χ1v) is 19.8. The molecule has 2 N–H and O–H groups in total. The number of hydrogen-bond donors (Lipinski definition) is 2. The minimum absolute atomic E-state index is 0.224. The van der Waals surface area contributed by atoms with Crippen LogP contribution in [-0.2, 0) is 0 Å². The van der Waals surface area contributed by atoms with Gasteiger partial charge in [-0.05, 0) is 51.0 Å². The van der Waals surface area contributed by atoms with Crippen molar-refractivity contribution >= 4 is 23.3 Å². The lowest BCUT2D eigenvalue weighted by Crippen LogP contribution is -2.35. The second-order valence-corrected chi connectivity index (χ2v) is 15.4. The number of rotatable bonds is 28. The highest BCUT2D eigenvalue weighted by Crippen LogP contribution is 2.30. The van der Waals surface area contributed by atoms with Gasteiger partial charge in [0.25, 0.3) is 0 Å². The zero-order chi connectivity index (χ0) is 34.4. The van der Waals surface area contributed by atoms with Crippen molar-refractivity contribution < 1.29 is 19.8 Å². The summed E-state index contributed by atoms with van der Waals surface area (Å²) in [6.45, 7) is 7.77. The number of Topliss-reactive ketones (excluding diaryl/α,β-unsaturated/α-hetero) is 2. The Kier molecular flexibility index (Phi) is 20.5. The van der Waals surface area contributed by atoms with Crippen LogP contribution in [0.4, 0.5) is 0 Å². The van der Waals surface area contributed by atoms with E-state index in [0.29, 0.717) is 24.0 Å². The average molecular weight is 667 g/mol. The molecule has 4 nitrogen and oxygen atoms in total. The molecular weight excluding hydrogens is 601 g/mol. The van der Waals surface area contributed by atoms with Crippen LogP contribution in [0, 0.1) is 0 Å². The highest BCUT2D eigenvalue weighted by atomic mass is 32.2. The van der Waals surface area contributed by atoms with Crippen LogP contribution in [-0.4, -0.2) is 33.0 Å². The van der Waals surface area contributed by atoms with Crippen molar-refractivity contribution in [1.82, 2.24) is 0 Å². The zero-order valence-electron chi connectivity index (χ0n) is 30.3. The number of carbonyl (C=O) groups excluding carboxylic acids is 2. The molecule has 264 valence electrons. The largest absolute Gasteiger partial charge is 0.382 e. The van der Waals surface area contributed by atoms with Crippen LogP contribution in [0.3, 0.4) is 0 Å². The van der Waals surface area contributed by atoms with Gasteiger partial charge < -0.3 is 10.2 Å². The Labute approximate surface area is 291 Å². The molecule has 2 unspecified atom stereocenters. The number of aliphatic hydroxyl groups is 2. The monoisotopic (exact) mass is 666 g/mol. The number of hydrogen-bond acceptors (Lipinski definition) is 5. The lowest BCUT2D eigenvalue weighted by molar-refractivity contribution is 0.0354.